The minimum absolute atomic E-state index is 0.0597. The third kappa shape index (κ3) is 4.30. The highest BCUT2D eigenvalue weighted by Gasteiger charge is 2.38. The fraction of sp³-hybridized carbons (Fsp3) is 0.529. The van der Waals surface area contributed by atoms with Crippen molar-refractivity contribution in [3.63, 3.8) is 0 Å². The van der Waals surface area contributed by atoms with Gasteiger partial charge in [0.25, 0.3) is 0 Å². The van der Waals surface area contributed by atoms with Crippen molar-refractivity contribution >= 4 is 18.2 Å². The number of para-hydroxylation sites is 1. The molecule has 1 heterocycles. The minimum atomic E-state index is -1.03. The van der Waals surface area contributed by atoms with Crippen molar-refractivity contribution in [1.29, 1.82) is 0 Å². The number of piperidine rings is 1. The number of hydrogen-bond donors (Lipinski definition) is 1. The summed E-state index contributed by atoms with van der Waals surface area (Å²) >= 11 is 0. The van der Waals surface area contributed by atoms with Crippen LogP contribution in [0.5, 0.6) is 0 Å². The third-order valence-electron chi connectivity index (χ3n) is 4.19. The van der Waals surface area contributed by atoms with Crippen LogP contribution in [0.2, 0.25) is 0 Å². The van der Waals surface area contributed by atoms with E-state index in [1.807, 2.05) is 6.07 Å². The molecule has 1 aliphatic heterocycles. The Bertz CT molecular complexity index is 546. The van der Waals surface area contributed by atoms with Crippen LogP contribution in [0, 0.1) is 0 Å². The van der Waals surface area contributed by atoms with Crippen molar-refractivity contribution in [3.05, 3.63) is 30.3 Å². The first-order valence-corrected chi connectivity index (χ1v) is 7.82. The van der Waals surface area contributed by atoms with Crippen molar-refractivity contribution in [3.8, 4) is 0 Å². The van der Waals surface area contributed by atoms with Gasteiger partial charge in [0, 0.05) is 31.5 Å². The number of imide groups is 1. The molecular weight excluding hydrogens is 294 g/mol. The van der Waals surface area contributed by atoms with Crippen molar-refractivity contribution in [2.24, 2.45) is 5.73 Å². The van der Waals surface area contributed by atoms with E-state index in [0.717, 1.165) is 18.0 Å². The molecule has 1 fully saturated rings. The van der Waals surface area contributed by atoms with Gasteiger partial charge in [-0.1, -0.05) is 18.2 Å². The number of likely N-dealkylation sites (tertiary alicyclic amines) is 1. The summed E-state index contributed by atoms with van der Waals surface area (Å²) in [6.07, 6.45) is 0.790. The normalized spacial score (nSPS) is 18.3. The van der Waals surface area contributed by atoms with Gasteiger partial charge in [0.15, 0.2) is 5.72 Å². The molecule has 1 saturated heterocycles. The van der Waals surface area contributed by atoms with E-state index < -0.39 is 11.8 Å². The first-order valence-electron chi connectivity index (χ1n) is 7.82. The second kappa shape index (κ2) is 6.68. The van der Waals surface area contributed by atoms with Gasteiger partial charge in [-0.05, 0) is 32.9 Å². The lowest BCUT2D eigenvalue weighted by Crippen LogP contribution is -2.57. The Morgan fingerprint density at radius 1 is 1.26 bits per heavy atom. The molecule has 23 heavy (non-hydrogen) atoms. The SMILES string of the molecule is CC(C)(C)N1CCC(N)(OC(=O)N(C=O)c2ccccc2)CC1. The number of carbonyl (C=O) groups is 2. The average Bonchev–Trinajstić information content (AvgIpc) is 2.48. The Kier molecular flexibility index (Phi) is 5.06. The first-order chi connectivity index (χ1) is 10.7. The molecule has 0 unspecified atom stereocenters. The van der Waals surface area contributed by atoms with E-state index in [4.69, 9.17) is 10.5 Å². The molecule has 0 radical (unpaired) electrons. The van der Waals surface area contributed by atoms with Crippen LogP contribution in [0.1, 0.15) is 33.6 Å². The number of nitrogens with zero attached hydrogens (tertiary/aromatic N) is 2. The van der Waals surface area contributed by atoms with Crippen LogP contribution in [0.4, 0.5) is 10.5 Å². The standard InChI is InChI=1S/C17H25N3O3/c1-16(2,3)19-11-9-17(18,10-12-19)23-15(22)20(13-21)14-7-5-4-6-8-14/h4-8,13H,9-12,18H2,1-3H3. The highest BCUT2D eigenvalue weighted by atomic mass is 16.6. The summed E-state index contributed by atoms with van der Waals surface area (Å²) in [4.78, 5) is 26.8. The molecule has 2 N–H and O–H groups in total. The Hall–Kier alpha value is -1.92. The van der Waals surface area contributed by atoms with Gasteiger partial charge in [-0.2, -0.15) is 0 Å². The number of amides is 2. The van der Waals surface area contributed by atoms with E-state index in [-0.39, 0.29) is 5.54 Å². The number of anilines is 1. The van der Waals surface area contributed by atoms with E-state index in [1.165, 1.54) is 0 Å². The van der Waals surface area contributed by atoms with E-state index in [0.29, 0.717) is 24.9 Å². The van der Waals surface area contributed by atoms with E-state index in [1.54, 1.807) is 24.3 Å². The van der Waals surface area contributed by atoms with Crippen LogP contribution in [0.3, 0.4) is 0 Å². The monoisotopic (exact) mass is 319 g/mol. The summed E-state index contributed by atoms with van der Waals surface area (Å²) in [7, 11) is 0. The Balaban J connectivity index is 2.01. The highest BCUT2D eigenvalue weighted by molar-refractivity contribution is 6.03. The molecule has 2 amide bonds. The fourth-order valence-corrected chi connectivity index (χ4v) is 2.68. The molecule has 6 nitrogen and oxygen atoms in total. The van der Waals surface area contributed by atoms with E-state index in [2.05, 4.69) is 25.7 Å². The molecule has 1 aromatic rings. The van der Waals surface area contributed by atoms with Crippen molar-refractivity contribution in [2.75, 3.05) is 18.0 Å². The third-order valence-corrected chi connectivity index (χ3v) is 4.19. The maximum Gasteiger partial charge on any atom is 0.422 e. The number of hydrogen-bond acceptors (Lipinski definition) is 5. The van der Waals surface area contributed by atoms with E-state index in [9.17, 15) is 9.59 Å². The van der Waals surface area contributed by atoms with Crippen LogP contribution in [0.15, 0.2) is 30.3 Å². The molecule has 2 rings (SSSR count). The summed E-state index contributed by atoms with van der Waals surface area (Å²) in [6.45, 7) is 7.93. The summed E-state index contributed by atoms with van der Waals surface area (Å²) < 4.78 is 5.45. The zero-order valence-corrected chi connectivity index (χ0v) is 14.0. The summed E-state index contributed by atoms with van der Waals surface area (Å²) in [6, 6.07) is 8.64. The lowest BCUT2D eigenvalue weighted by atomic mass is 9.96. The lowest BCUT2D eigenvalue weighted by Gasteiger charge is -2.44. The van der Waals surface area contributed by atoms with Gasteiger partial charge < -0.3 is 4.74 Å². The number of ether oxygens (including phenoxy) is 1. The van der Waals surface area contributed by atoms with Gasteiger partial charge in [-0.25, -0.2) is 9.69 Å². The predicted octanol–water partition coefficient (Wildman–Crippen LogP) is 2.34. The molecule has 6 heteroatoms. The van der Waals surface area contributed by atoms with Crippen LogP contribution in [0.25, 0.3) is 0 Å². The van der Waals surface area contributed by atoms with Crippen molar-refractivity contribution in [1.82, 2.24) is 4.90 Å². The molecule has 0 atom stereocenters. The molecule has 1 aromatic carbocycles. The van der Waals surface area contributed by atoms with Gasteiger partial charge in [0.1, 0.15) is 0 Å². The minimum Gasteiger partial charge on any atom is -0.427 e. The van der Waals surface area contributed by atoms with Gasteiger partial charge in [0.2, 0.25) is 6.41 Å². The lowest BCUT2D eigenvalue weighted by molar-refractivity contribution is -0.107. The van der Waals surface area contributed by atoms with E-state index >= 15 is 0 Å². The molecule has 0 bridgehead atoms. The first kappa shape index (κ1) is 17.4. The largest absolute Gasteiger partial charge is 0.427 e. The quantitative estimate of drug-likeness (QED) is 0.683. The van der Waals surface area contributed by atoms with Gasteiger partial charge >= 0.3 is 6.09 Å². The second-order valence-electron chi connectivity index (χ2n) is 6.90. The topological polar surface area (TPSA) is 75.9 Å². The van der Waals surface area contributed by atoms with Crippen LogP contribution in [-0.2, 0) is 9.53 Å². The number of benzene rings is 1. The maximum atomic E-state index is 12.3. The van der Waals surface area contributed by atoms with Gasteiger partial charge in [0.05, 0.1) is 5.69 Å². The van der Waals surface area contributed by atoms with Crippen LogP contribution in [-0.4, -0.2) is 41.8 Å². The van der Waals surface area contributed by atoms with Gasteiger partial charge in [-0.15, -0.1) is 0 Å². The summed E-state index contributed by atoms with van der Waals surface area (Å²) in [5, 5.41) is 0. The Morgan fingerprint density at radius 3 is 2.30 bits per heavy atom. The molecule has 126 valence electrons. The molecule has 1 aliphatic rings. The van der Waals surface area contributed by atoms with Crippen molar-refractivity contribution in [2.45, 2.75) is 44.9 Å². The zero-order chi connectivity index (χ0) is 17.1. The predicted molar refractivity (Wildman–Crippen MR) is 88.9 cm³/mol. The van der Waals surface area contributed by atoms with Crippen LogP contribution < -0.4 is 10.6 Å². The molecule has 0 aromatic heterocycles. The Morgan fingerprint density at radius 2 is 1.83 bits per heavy atom. The van der Waals surface area contributed by atoms with Crippen molar-refractivity contribution < 1.29 is 14.3 Å². The smallest absolute Gasteiger partial charge is 0.422 e. The summed E-state index contributed by atoms with van der Waals surface area (Å²) in [5.41, 5.74) is 5.71. The summed E-state index contributed by atoms with van der Waals surface area (Å²) in [5.74, 6) is 0. The fourth-order valence-electron chi connectivity index (χ4n) is 2.68. The van der Waals surface area contributed by atoms with Crippen LogP contribution >= 0.6 is 0 Å². The molecule has 0 aliphatic carbocycles. The zero-order valence-electron chi connectivity index (χ0n) is 14.0. The second-order valence-corrected chi connectivity index (χ2v) is 6.90. The molecular formula is C17H25N3O3. The molecule has 0 spiro atoms. The average molecular weight is 319 g/mol. The maximum absolute atomic E-state index is 12.3. The van der Waals surface area contributed by atoms with Gasteiger partial charge in [-0.3, -0.25) is 15.4 Å². The number of carbonyl (C=O) groups excluding carboxylic acids is 2. The number of rotatable bonds is 3. The Labute approximate surface area is 137 Å². The highest BCUT2D eigenvalue weighted by Crippen LogP contribution is 2.27. The molecule has 0 saturated carbocycles. The number of nitrogens with two attached hydrogens (primary N) is 1.